The lowest BCUT2D eigenvalue weighted by Crippen LogP contribution is -2.46. The maximum Gasteiger partial charge on any atom is 0.408 e. The van der Waals surface area contributed by atoms with Gasteiger partial charge in [-0.3, -0.25) is 0 Å². The van der Waals surface area contributed by atoms with Gasteiger partial charge in [-0.2, -0.15) is 0 Å². The fourth-order valence-corrected chi connectivity index (χ4v) is 2.07. The third-order valence-electron chi connectivity index (χ3n) is 2.66. The third-order valence-corrected chi connectivity index (χ3v) is 2.89. The van der Waals surface area contributed by atoms with E-state index < -0.39 is 23.7 Å². The van der Waals surface area contributed by atoms with Gasteiger partial charge in [0.15, 0.2) is 0 Å². The van der Waals surface area contributed by atoms with E-state index in [1.165, 1.54) is 0 Å². The van der Waals surface area contributed by atoms with E-state index in [0.29, 0.717) is 5.02 Å². The summed E-state index contributed by atoms with van der Waals surface area (Å²) in [5, 5.41) is 3.13. The Kier molecular flexibility index (Phi) is 6.88. The van der Waals surface area contributed by atoms with Crippen LogP contribution in [0.3, 0.4) is 0 Å². The number of carbonyl (C=O) groups is 2. The summed E-state index contributed by atoms with van der Waals surface area (Å²) >= 11 is 5.96. The van der Waals surface area contributed by atoms with Crippen molar-refractivity contribution in [2.75, 3.05) is 0 Å². The van der Waals surface area contributed by atoms with Crippen LogP contribution in [0, 0.1) is 0 Å². The Morgan fingerprint density at radius 2 is 1.91 bits per heavy atom. The quantitative estimate of drug-likeness (QED) is 0.829. The molecule has 1 atom stereocenters. The molecule has 0 aliphatic rings. The molecular weight excluding hydrogens is 318 g/mol. The van der Waals surface area contributed by atoms with Gasteiger partial charge >= 0.3 is 12.1 Å². The molecule has 6 heteroatoms. The first kappa shape index (κ1) is 19.3. The highest BCUT2D eigenvalue weighted by molar-refractivity contribution is 6.30. The fraction of sp³-hybridized carbons (Fsp3) is 0.529. The lowest BCUT2D eigenvalue weighted by Gasteiger charge is -2.23. The van der Waals surface area contributed by atoms with Crippen LogP contribution in [0.2, 0.25) is 5.02 Å². The Hall–Kier alpha value is -1.75. The number of ether oxygens (including phenoxy) is 2. The van der Waals surface area contributed by atoms with E-state index in [4.69, 9.17) is 21.1 Å². The number of hydrogen-bond acceptors (Lipinski definition) is 4. The summed E-state index contributed by atoms with van der Waals surface area (Å²) in [5.41, 5.74) is 0.173. The molecule has 0 fully saturated rings. The van der Waals surface area contributed by atoms with Crippen molar-refractivity contribution in [1.29, 1.82) is 0 Å². The van der Waals surface area contributed by atoms with Crippen LogP contribution in [0.5, 0.6) is 0 Å². The van der Waals surface area contributed by atoms with E-state index in [9.17, 15) is 9.59 Å². The van der Waals surface area contributed by atoms with Crippen molar-refractivity contribution in [1.82, 2.24) is 5.32 Å². The zero-order valence-electron chi connectivity index (χ0n) is 14.2. The van der Waals surface area contributed by atoms with Crippen molar-refractivity contribution in [3.63, 3.8) is 0 Å². The molecule has 0 spiro atoms. The summed E-state index contributed by atoms with van der Waals surface area (Å²) in [6.07, 6.45) is -0.666. The average Bonchev–Trinajstić information content (AvgIpc) is 2.34. The summed E-state index contributed by atoms with van der Waals surface area (Å²) in [6.45, 7) is 8.77. The van der Waals surface area contributed by atoms with Crippen LogP contribution in [0.15, 0.2) is 24.3 Å². The normalized spacial score (nSPS) is 12.7. The highest BCUT2D eigenvalue weighted by Gasteiger charge is 2.26. The summed E-state index contributed by atoms with van der Waals surface area (Å²) in [4.78, 5) is 24.2. The van der Waals surface area contributed by atoms with Crippen LogP contribution in [-0.2, 0) is 20.7 Å². The Bertz CT molecular complexity index is 552. The predicted octanol–water partition coefficient (Wildman–Crippen LogP) is 3.73. The molecule has 128 valence electrons. The Labute approximate surface area is 142 Å². The maximum atomic E-state index is 12.2. The Morgan fingerprint density at radius 1 is 1.26 bits per heavy atom. The van der Waals surface area contributed by atoms with Gasteiger partial charge in [0, 0.05) is 11.4 Å². The second-order valence-electron chi connectivity index (χ2n) is 6.52. The Balaban J connectivity index is 2.84. The second kappa shape index (κ2) is 8.20. The van der Waals surface area contributed by atoms with Crippen LogP contribution in [0.4, 0.5) is 4.79 Å². The van der Waals surface area contributed by atoms with Crippen LogP contribution in [0.25, 0.3) is 0 Å². The van der Waals surface area contributed by atoms with Crippen molar-refractivity contribution in [3.05, 3.63) is 34.9 Å². The molecule has 1 N–H and O–H groups in total. The minimum absolute atomic E-state index is 0.269. The highest BCUT2D eigenvalue weighted by atomic mass is 35.5. The van der Waals surface area contributed by atoms with Gasteiger partial charge in [0.05, 0.1) is 6.10 Å². The first-order valence-corrected chi connectivity index (χ1v) is 7.89. The number of alkyl carbamates (subject to hydrolysis) is 1. The molecule has 1 unspecified atom stereocenters. The molecule has 1 aromatic rings. The van der Waals surface area contributed by atoms with Gasteiger partial charge in [-0.15, -0.1) is 0 Å². The van der Waals surface area contributed by atoms with Crippen molar-refractivity contribution < 1.29 is 19.1 Å². The zero-order chi connectivity index (χ0) is 17.6. The number of rotatable bonds is 5. The molecule has 0 aromatic heterocycles. The van der Waals surface area contributed by atoms with Gasteiger partial charge in [-0.1, -0.05) is 23.7 Å². The maximum absolute atomic E-state index is 12.2. The SMILES string of the molecule is CC(C)OC(=O)C(Cc1cccc(Cl)c1)NC(=O)OC(C)(C)C. The summed E-state index contributed by atoms with van der Waals surface area (Å²) in [6, 6.07) is 6.27. The molecule has 0 heterocycles. The highest BCUT2D eigenvalue weighted by Crippen LogP contribution is 2.14. The van der Waals surface area contributed by atoms with Crippen LogP contribution < -0.4 is 5.32 Å². The van der Waals surface area contributed by atoms with E-state index >= 15 is 0 Å². The van der Waals surface area contributed by atoms with Crippen molar-refractivity contribution in [2.45, 2.75) is 58.8 Å². The summed E-state index contributed by atoms with van der Waals surface area (Å²) < 4.78 is 10.4. The largest absolute Gasteiger partial charge is 0.461 e. The molecule has 0 aliphatic heterocycles. The topological polar surface area (TPSA) is 64.6 Å². The summed E-state index contributed by atoms with van der Waals surface area (Å²) in [5.74, 6) is -0.508. The van der Waals surface area contributed by atoms with E-state index in [2.05, 4.69) is 5.32 Å². The van der Waals surface area contributed by atoms with Crippen LogP contribution in [0.1, 0.15) is 40.2 Å². The van der Waals surface area contributed by atoms with E-state index in [0.717, 1.165) is 5.56 Å². The summed E-state index contributed by atoms with van der Waals surface area (Å²) in [7, 11) is 0. The number of benzene rings is 1. The predicted molar refractivity (Wildman–Crippen MR) is 89.5 cm³/mol. The van der Waals surface area contributed by atoms with Gasteiger partial charge in [0.1, 0.15) is 11.6 Å². The van der Waals surface area contributed by atoms with Gasteiger partial charge in [-0.05, 0) is 52.3 Å². The lowest BCUT2D eigenvalue weighted by molar-refractivity contribution is -0.149. The molecule has 1 aromatic carbocycles. The smallest absolute Gasteiger partial charge is 0.408 e. The minimum atomic E-state index is -0.842. The van der Waals surface area contributed by atoms with Gasteiger partial charge in [0.2, 0.25) is 0 Å². The second-order valence-corrected chi connectivity index (χ2v) is 6.95. The Morgan fingerprint density at radius 3 is 2.43 bits per heavy atom. The third kappa shape index (κ3) is 7.88. The molecular formula is C17H24ClNO4. The first-order chi connectivity index (χ1) is 10.6. The molecule has 1 rings (SSSR count). The average molecular weight is 342 g/mol. The lowest BCUT2D eigenvalue weighted by atomic mass is 10.1. The molecule has 1 amide bonds. The number of esters is 1. The van der Waals surface area contributed by atoms with E-state index in [1.807, 2.05) is 6.07 Å². The molecule has 23 heavy (non-hydrogen) atoms. The van der Waals surface area contributed by atoms with Crippen LogP contribution in [-0.4, -0.2) is 29.8 Å². The van der Waals surface area contributed by atoms with Gasteiger partial charge < -0.3 is 14.8 Å². The minimum Gasteiger partial charge on any atom is -0.461 e. The molecule has 0 aliphatic carbocycles. The fourth-order valence-electron chi connectivity index (χ4n) is 1.86. The van der Waals surface area contributed by atoms with Gasteiger partial charge in [-0.25, -0.2) is 9.59 Å². The number of nitrogens with one attached hydrogen (secondary N) is 1. The molecule has 5 nitrogen and oxygen atoms in total. The zero-order valence-corrected chi connectivity index (χ0v) is 14.9. The monoisotopic (exact) mass is 341 g/mol. The van der Waals surface area contributed by atoms with Gasteiger partial charge in [0.25, 0.3) is 0 Å². The molecule has 0 bridgehead atoms. The number of amides is 1. The van der Waals surface area contributed by atoms with E-state index in [-0.39, 0.29) is 12.5 Å². The first-order valence-electron chi connectivity index (χ1n) is 7.51. The number of hydrogen-bond donors (Lipinski definition) is 1. The van der Waals surface area contributed by atoms with Crippen molar-refractivity contribution in [2.24, 2.45) is 0 Å². The van der Waals surface area contributed by atoms with Crippen molar-refractivity contribution in [3.8, 4) is 0 Å². The number of carbonyl (C=O) groups excluding carboxylic acids is 2. The van der Waals surface area contributed by atoms with Crippen LogP contribution >= 0.6 is 11.6 Å². The molecule has 0 saturated carbocycles. The van der Waals surface area contributed by atoms with E-state index in [1.54, 1.807) is 52.8 Å². The molecule has 0 saturated heterocycles. The van der Waals surface area contributed by atoms with Crippen molar-refractivity contribution >= 4 is 23.7 Å². The number of halogens is 1. The standard InChI is InChI=1S/C17H24ClNO4/c1-11(2)22-15(20)14(19-16(21)23-17(3,4)5)10-12-7-6-8-13(18)9-12/h6-9,11,14H,10H2,1-5H3,(H,19,21). The molecule has 0 radical (unpaired) electrons.